The summed E-state index contributed by atoms with van der Waals surface area (Å²) in [7, 11) is 0. The van der Waals surface area contributed by atoms with Gasteiger partial charge in [0.25, 0.3) is 0 Å². The zero-order valence-electron chi connectivity index (χ0n) is 6.34. The van der Waals surface area contributed by atoms with Gasteiger partial charge in [0.1, 0.15) is 0 Å². The van der Waals surface area contributed by atoms with Crippen molar-refractivity contribution in [3.05, 3.63) is 17.5 Å². The number of rotatable bonds is 2. The van der Waals surface area contributed by atoms with Crippen molar-refractivity contribution < 1.29 is 4.79 Å². The van der Waals surface area contributed by atoms with Crippen LogP contribution in [0.4, 0.5) is 5.82 Å². The van der Waals surface area contributed by atoms with Crippen molar-refractivity contribution >= 4 is 23.3 Å². The predicted molar refractivity (Wildman–Crippen MR) is 44.5 cm³/mol. The molecule has 0 aromatic carbocycles. The molecule has 1 aromatic heterocycles. The Labute approximate surface area is 74.1 Å². The normalized spacial score (nSPS) is 9.17. The van der Waals surface area contributed by atoms with Crippen LogP contribution in [0.1, 0.15) is 6.92 Å². The molecule has 0 unspecified atom stereocenters. The van der Waals surface area contributed by atoms with Crippen LogP contribution in [-0.2, 0) is 4.79 Å². The van der Waals surface area contributed by atoms with Gasteiger partial charge in [-0.15, -0.1) is 0 Å². The minimum atomic E-state index is -0.225. The first-order valence-corrected chi connectivity index (χ1v) is 3.57. The Morgan fingerprint density at radius 1 is 1.50 bits per heavy atom. The van der Waals surface area contributed by atoms with Gasteiger partial charge in [0.2, 0.25) is 5.91 Å². The van der Waals surface area contributed by atoms with Crippen molar-refractivity contribution in [1.29, 1.82) is 0 Å². The van der Waals surface area contributed by atoms with E-state index in [-0.39, 0.29) is 11.1 Å². The van der Waals surface area contributed by atoms with Gasteiger partial charge in [0.05, 0.1) is 0 Å². The van der Waals surface area contributed by atoms with Gasteiger partial charge in [-0.3, -0.25) is 15.6 Å². The standard InChI is InChI=1S/C6H7ClN4O/c1-4(12)10-11-6-5(7)8-2-3-9-6/h2-3H,1H3,(H,9,11)(H,10,12). The van der Waals surface area contributed by atoms with E-state index in [0.717, 1.165) is 0 Å². The molecule has 5 nitrogen and oxygen atoms in total. The highest BCUT2D eigenvalue weighted by Crippen LogP contribution is 2.12. The van der Waals surface area contributed by atoms with Gasteiger partial charge in [-0.1, -0.05) is 11.6 Å². The molecule has 1 heterocycles. The van der Waals surface area contributed by atoms with Crippen LogP contribution in [0.25, 0.3) is 0 Å². The molecular formula is C6H7ClN4O. The Balaban J connectivity index is 2.63. The van der Waals surface area contributed by atoms with Crippen molar-refractivity contribution in [2.24, 2.45) is 0 Å². The van der Waals surface area contributed by atoms with Crippen molar-refractivity contribution in [2.75, 3.05) is 5.43 Å². The Bertz CT molecular complexity index is 291. The summed E-state index contributed by atoms with van der Waals surface area (Å²) in [5.41, 5.74) is 4.83. The number of nitrogens with zero attached hydrogens (tertiary/aromatic N) is 2. The highest BCUT2D eigenvalue weighted by Gasteiger charge is 2.00. The van der Waals surface area contributed by atoms with E-state index in [9.17, 15) is 4.79 Å². The molecule has 0 atom stereocenters. The molecule has 64 valence electrons. The molecule has 6 heteroatoms. The van der Waals surface area contributed by atoms with Crippen LogP contribution in [0, 0.1) is 0 Å². The van der Waals surface area contributed by atoms with E-state index in [1.165, 1.54) is 19.3 Å². The lowest BCUT2D eigenvalue weighted by Gasteiger charge is -2.04. The van der Waals surface area contributed by atoms with Crippen LogP contribution in [0.3, 0.4) is 0 Å². The van der Waals surface area contributed by atoms with Gasteiger partial charge in [-0.05, 0) is 0 Å². The molecular weight excluding hydrogens is 180 g/mol. The molecule has 1 aromatic rings. The number of hydrogen-bond donors (Lipinski definition) is 2. The fourth-order valence-electron chi connectivity index (χ4n) is 0.552. The number of nitrogens with one attached hydrogen (secondary N) is 2. The SMILES string of the molecule is CC(=O)NNc1nccnc1Cl. The Kier molecular flexibility index (Phi) is 2.82. The summed E-state index contributed by atoms with van der Waals surface area (Å²) in [6, 6.07) is 0. The molecule has 0 spiro atoms. The second-order valence-corrected chi connectivity index (χ2v) is 2.36. The number of hydrogen-bond acceptors (Lipinski definition) is 4. The van der Waals surface area contributed by atoms with E-state index in [1.807, 2.05) is 0 Å². The summed E-state index contributed by atoms with van der Waals surface area (Å²) in [6.07, 6.45) is 2.93. The average molecular weight is 187 g/mol. The molecule has 1 amide bonds. The lowest BCUT2D eigenvalue weighted by molar-refractivity contribution is -0.118. The topological polar surface area (TPSA) is 66.9 Å². The lowest BCUT2D eigenvalue weighted by atomic mass is 10.7. The number of carbonyl (C=O) groups is 1. The summed E-state index contributed by atoms with van der Waals surface area (Å²) >= 11 is 5.62. The first kappa shape index (κ1) is 8.73. The van der Waals surface area contributed by atoms with Gasteiger partial charge >= 0.3 is 0 Å². The molecule has 0 saturated heterocycles. The number of hydrazine groups is 1. The van der Waals surface area contributed by atoms with E-state index in [2.05, 4.69) is 20.8 Å². The van der Waals surface area contributed by atoms with E-state index >= 15 is 0 Å². The Morgan fingerprint density at radius 3 is 2.75 bits per heavy atom. The maximum Gasteiger partial charge on any atom is 0.235 e. The Morgan fingerprint density at radius 2 is 2.17 bits per heavy atom. The molecule has 2 N–H and O–H groups in total. The maximum atomic E-state index is 10.5. The molecule has 12 heavy (non-hydrogen) atoms. The average Bonchev–Trinajstić information content (AvgIpc) is 2.03. The van der Waals surface area contributed by atoms with E-state index in [1.54, 1.807) is 0 Å². The van der Waals surface area contributed by atoms with Crippen molar-refractivity contribution in [3.63, 3.8) is 0 Å². The van der Waals surface area contributed by atoms with Crippen LogP contribution in [0.2, 0.25) is 5.15 Å². The molecule has 1 rings (SSSR count). The monoisotopic (exact) mass is 186 g/mol. The fourth-order valence-corrected chi connectivity index (χ4v) is 0.704. The molecule has 0 aliphatic rings. The maximum absolute atomic E-state index is 10.5. The quantitative estimate of drug-likeness (QED) is 0.664. The number of aromatic nitrogens is 2. The molecule has 0 aliphatic heterocycles. The van der Waals surface area contributed by atoms with Crippen LogP contribution in [0.5, 0.6) is 0 Å². The zero-order chi connectivity index (χ0) is 8.97. The van der Waals surface area contributed by atoms with Crippen LogP contribution in [-0.4, -0.2) is 15.9 Å². The second kappa shape index (κ2) is 3.87. The van der Waals surface area contributed by atoms with Crippen LogP contribution < -0.4 is 10.9 Å². The summed E-state index contributed by atoms with van der Waals surface area (Å²) in [5, 5.41) is 0.214. The van der Waals surface area contributed by atoms with Crippen LogP contribution >= 0.6 is 11.6 Å². The number of carbonyl (C=O) groups excluding carboxylic acids is 1. The van der Waals surface area contributed by atoms with E-state index in [4.69, 9.17) is 11.6 Å². The van der Waals surface area contributed by atoms with Crippen molar-refractivity contribution in [2.45, 2.75) is 6.92 Å². The number of amides is 1. The van der Waals surface area contributed by atoms with Crippen molar-refractivity contribution in [3.8, 4) is 0 Å². The summed E-state index contributed by atoms with van der Waals surface area (Å²) in [4.78, 5) is 18.0. The lowest BCUT2D eigenvalue weighted by Crippen LogP contribution is -2.27. The zero-order valence-corrected chi connectivity index (χ0v) is 7.09. The van der Waals surface area contributed by atoms with Gasteiger partial charge in [0, 0.05) is 19.3 Å². The minimum Gasteiger partial charge on any atom is -0.279 e. The Hall–Kier alpha value is -1.36. The minimum absolute atomic E-state index is 0.214. The van der Waals surface area contributed by atoms with Crippen molar-refractivity contribution in [1.82, 2.24) is 15.4 Å². The van der Waals surface area contributed by atoms with Gasteiger partial charge in [-0.2, -0.15) is 0 Å². The number of halogens is 1. The highest BCUT2D eigenvalue weighted by atomic mass is 35.5. The fraction of sp³-hybridized carbons (Fsp3) is 0.167. The summed E-state index contributed by atoms with van der Waals surface area (Å²) < 4.78 is 0. The first-order chi connectivity index (χ1) is 5.70. The largest absolute Gasteiger partial charge is 0.279 e. The third-order valence-corrected chi connectivity index (χ3v) is 1.29. The molecule has 0 fully saturated rings. The third kappa shape index (κ3) is 2.35. The van der Waals surface area contributed by atoms with E-state index in [0.29, 0.717) is 5.82 Å². The highest BCUT2D eigenvalue weighted by molar-refractivity contribution is 6.31. The molecule has 0 radical (unpaired) electrons. The van der Waals surface area contributed by atoms with Gasteiger partial charge in [-0.25, -0.2) is 9.97 Å². The molecule has 0 saturated carbocycles. The van der Waals surface area contributed by atoms with Gasteiger partial charge < -0.3 is 0 Å². The van der Waals surface area contributed by atoms with E-state index < -0.39 is 0 Å². The van der Waals surface area contributed by atoms with Gasteiger partial charge in [0.15, 0.2) is 11.0 Å². The smallest absolute Gasteiger partial charge is 0.235 e. The van der Waals surface area contributed by atoms with Crippen LogP contribution in [0.15, 0.2) is 12.4 Å². The number of anilines is 1. The summed E-state index contributed by atoms with van der Waals surface area (Å²) in [5.74, 6) is 0.103. The summed E-state index contributed by atoms with van der Waals surface area (Å²) in [6.45, 7) is 1.37. The third-order valence-electron chi connectivity index (χ3n) is 1.01. The molecule has 0 aliphatic carbocycles. The molecule has 0 bridgehead atoms. The predicted octanol–water partition coefficient (Wildman–Crippen LogP) is 0.593. The second-order valence-electron chi connectivity index (χ2n) is 2.00. The first-order valence-electron chi connectivity index (χ1n) is 3.19.